The van der Waals surface area contributed by atoms with Crippen molar-refractivity contribution in [2.24, 2.45) is 23.7 Å². The molecule has 2 bridgehead atoms. The predicted octanol–water partition coefficient (Wildman–Crippen LogP) is 2.18. The maximum Gasteiger partial charge on any atom is 0.225 e. The summed E-state index contributed by atoms with van der Waals surface area (Å²) in [6.45, 7) is 0. The summed E-state index contributed by atoms with van der Waals surface area (Å²) in [6, 6.07) is 0. The first-order valence-electron chi connectivity index (χ1n) is 4.50. The largest absolute Gasteiger partial charge is 0.281 e. The Balaban J connectivity index is 2.24. The van der Waals surface area contributed by atoms with Crippen LogP contribution in [0.4, 0.5) is 0 Å². The summed E-state index contributed by atoms with van der Waals surface area (Å²) in [6.07, 6.45) is 3.00. The molecule has 0 N–H and O–H groups in total. The van der Waals surface area contributed by atoms with Gasteiger partial charge in [0, 0.05) is 11.8 Å². The molecule has 2 aliphatic carbocycles. The van der Waals surface area contributed by atoms with Gasteiger partial charge in [0.1, 0.15) is 0 Å². The molecular weight excluding hydrogens is 211 g/mol. The molecule has 0 aliphatic heterocycles. The molecule has 0 spiro atoms. The molecule has 13 heavy (non-hydrogen) atoms. The smallest absolute Gasteiger partial charge is 0.225 e. The molecule has 72 valence electrons. The average molecular weight is 221 g/mol. The quantitative estimate of drug-likeness (QED) is 0.669. The van der Waals surface area contributed by atoms with Crippen molar-refractivity contribution in [3.05, 3.63) is 0 Å². The van der Waals surface area contributed by atoms with Crippen LogP contribution in [0.25, 0.3) is 0 Å². The van der Waals surface area contributed by atoms with Crippen molar-refractivity contribution in [3.63, 3.8) is 0 Å². The lowest BCUT2D eigenvalue weighted by molar-refractivity contribution is -0.125. The van der Waals surface area contributed by atoms with Gasteiger partial charge in [-0.15, -0.1) is 0 Å². The van der Waals surface area contributed by atoms with Crippen LogP contribution in [-0.2, 0) is 9.59 Å². The number of carbonyl (C=O) groups excluding carboxylic acids is 2. The van der Waals surface area contributed by atoms with Crippen LogP contribution in [0.5, 0.6) is 0 Å². The van der Waals surface area contributed by atoms with Gasteiger partial charge in [0.05, 0.1) is 0 Å². The van der Waals surface area contributed by atoms with Crippen LogP contribution in [0.1, 0.15) is 19.3 Å². The third-order valence-corrected chi connectivity index (χ3v) is 3.94. The van der Waals surface area contributed by atoms with Gasteiger partial charge in [0.2, 0.25) is 10.5 Å². The van der Waals surface area contributed by atoms with Gasteiger partial charge in [-0.05, 0) is 54.3 Å². The van der Waals surface area contributed by atoms with E-state index in [0.29, 0.717) is 11.8 Å². The highest BCUT2D eigenvalue weighted by molar-refractivity contribution is 6.66. The Morgan fingerprint density at radius 2 is 1.31 bits per heavy atom. The molecule has 0 aromatic rings. The maximum absolute atomic E-state index is 11.1. The minimum absolute atomic E-state index is 0.301. The molecule has 0 saturated heterocycles. The minimum Gasteiger partial charge on any atom is -0.281 e. The van der Waals surface area contributed by atoms with Crippen LogP contribution in [0.2, 0.25) is 0 Å². The molecule has 0 heterocycles. The SMILES string of the molecule is O=C(Cl)[C@H]1[C@H]2CC[C@@H](C2)[C@@H]1C(=O)Cl. The van der Waals surface area contributed by atoms with Crippen molar-refractivity contribution >= 4 is 33.7 Å². The van der Waals surface area contributed by atoms with Crippen LogP contribution in [0, 0.1) is 23.7 Å². The number of halogens is 2. The Morgan fingerprint density at radius 3 is 1.62 bits per heavy atom. The van der Waals surface area contributed by atoms with E-state index in [-0.39, 0.29) is 22.3 Å². The van der Waals surface area contributed by atoms with Crippen LogP contribution in [0.15, 0.2) is 0 Å². The summed E-state index contributed by atoms with van der Waals surface area (Å²) in [7, 11) is 0. The zero-order valence-electron chi connectivity index (χ0n) is 7.00. The van der Waals surface area contributed by atoms with Crippen molar-refractivity contribution in [2.45, 2.75) is 19.3 Å². The van der Waals surface area contributed by atoms with E-state index in [0.717, 1.165) is 19.3 Å². The highest BCUT2D eigenvalue weighted by atomic mass is 35.5. The van der Waals surface area contributed by atoms with Crippen molar-refractivity contribution in [3.8, 4) is 0 Å². The van der Waals surface area contributed by atoms with Gasteiger partial charge in [-0.25, -0.2) is 0 Å². The Morgan fingerprint density at radius 1 is 0.923 bits per heavy atom. The predicted molar refractivity (Wildman–Crippen MR) is 49.5 cm³/mol. The maximum atomic E-state index is 11.1. The third-order valence-electron chi connectivity index (χ3n) is 3.44. The van der Waals surface area contributed by atoms with Gasteiger partial charge in [-0.3, -0.25) is 9.59 Å². The zero-order chi connectivity index (χ0) is 9.59. The fourth-order valence-corrected chi connectivity index (χ4v) is 3.57. The summed E-state index contributed by atoms with van der Waals surface area (Å²) < 4.78 is 0. The molecule has 4 atom stereocenters. The first-order valence-corrected chi connectivity index (χ1v) is 5.25. The second-order valence-electron chi connectivity index (χ2n) is 3.99. The zero-order valence-corrected chi connectivity index (χ0v) is 8.52. The van der Waals surface area contributed by atoms with Crippen LogP contribution < -0.4 is 0 Å². The van der Waals surface area contributed by atoms with Gasteiger partial charge < -0.3 is 0 Å². The van der Waals surface area contributed by atoms with E-state index in [4.69, 9.17) is 23.2 Å². The molecule has 0 aromatic heterocycles. The first-order chi connectivity index (χ1) is 6.11. The van der Waals surface area contributed by atoms with Crippen LogP contribution in [0.3, 0.4) is 0 Å². The van der Waals surface area contributed by atoms with E-state index in [1.54, 1.807) is 0 Å². The molecule has 0 unspecified atom stereocenters. The monoisotopic (exact) mass is 220 g/mol. The summed E-state index contributed by atoms with van der Waals surface area (Å²) in [5, 5.41) is -0.766. The van der Waals surface area contributed by atoms with Crippen LogP contribution in [-0.4, -0.2) is 10.5 Å². The first kappa shape index (κ1) is 9.47. The fourth-order valence-electron chi connectivity index (χ4n) is 2.94. The van der Waals surface area contributed by atoms with Gasteiger partial charge in [0.15, 0.2) is 0 Å². The van der Waals surface area contributed by atoms with E-state index in [9.17, 15) is 9.59 Å². The lowest BCUT2D eigenvalue weighted by Gasteiger charge is -2.24. The van der Waals surface area contributed by atoms with Crippen molar-refractivity contribution in [2.75, 3.05) is 0 Å². The van der Waals surface area contributed by atoms with E-state index >= 15 is 0 Å². The van der Waals surface area contributed by atoms with Gasteiger partial charge in [-0.2, -0.15) is 0 Å². The number of rotatable bonds is 2. The van der Waals surface area contributed by atoms with E-state index in [1.165, 1.54) is 0 Å². The fraction of sp³-hybridized carbons (Fsp3) is 0.778. The number of hydrogen-bond acceptors (Lipinski definition) is 2. The van der Waals surface area contributed by atoms with E-state index in [1.807, 2.05) is 0 Å². The molecule has 4 heteroatoms. The Kier molecular flexibility index (Phi) is 2.37. The lowest BCUT2D eigenvalue weighted by atomic mass is 9.81. The summed E-state index contributed by atoms with van der Waals surface area (Å²) in [5.41, 5.74) is 0. The molecule has 2 aliphatic rings. The lowest BCUT2D eigenvalue weighted by Crippen LogP contribution is -2.30. The average Bonchev–Trinajstić information content (AvgIpc) is 2.60. The Bertz CT molecular complexity index is 238. The normalized spacial score (nSPS) is 42.3. The number of carbonyl (C=O) groups is 2. The highest BCUT2D eigenvalue weighted by Gasteiger charge is 2.52. The molecule has 2 nitrogen and oxygen atoms in total. The standard InChI is InChI=1S/C9H10Cl2O2/c10-8(12)6-4-1-2-5(3-4)7(6)9(11)13/h4-7H,1-3H2/t4-,5-,6-,7-/m0/s1. The summed E-state index contributed by atoms with van der Waals surface area (Å²) >= 11 is 10.9. The highest BCUT2D eigenvalue weighted by Crippen LogP contribution is 2.53. The summed E-state index contributed by atoms with van der Waals surface area (Å²) in [4.78, 5) is 22.2. The van der Waals surface area contributed by atoms with E-state index in [2.05, 4.69) is 0 Å². The van der Waals surface area contributed by atoms with Crippen molar-refractivity contribution < 1.29 is 9.59 Å². The second kappa shape index (κ2) is 3.25. The molecule has 2 fully saturated rings. The van der Waals surface area contributed by atoms with Gasteiger partial charge in [0.25, 0.3) is 0 Å². The Hall–Kier alpha value is -0.0800. The molecule has 0 amide bonds. The molecule has 2 saturated carbocycles. The molecular formula is C9H10Cl2O2. The molecule has 0 aromatic carbocycles. The molecule has 2 rings (SSSR count). The van der Waals surface area contributed by atoms with Crippen molar-refractivity contribution in [1.29, 1.82) is 0 Å². The Labute approximate surface area is 86.6 Å². The summed E-state index contributed by atoms with van der Waals surface area (Å²) in [5.74, 6) is 0.0150. The molecule has 0 radical (unpaired) electrons. The van der Waals surface area contributed by atoms with Crippen molar-refractivity contribution in [1.82, 2.24) is 0 Å². The van der Waals surface area contributed by atoms with E-state index < -0.39 is 0 Å². The second-order valence-corrected chi connectivity index (χ2v) is 4.74. The van der Waals surface area contributed by atoms with Gasteiger partial charge >= 0.3 is 0 Å². The topological polar surface area (TPSA) is 34.1 Å². The minimum atomic E-state index is -0.383. The van der Waals surface area contributed by atoms with Crippen LogP contribution >= 0.6 is 23.2 Å². The number of fused-ring (bicyclic) bond motifs is 2. The number of hydrogen-bond donors (Lipinski definition) is 0. The van der Waals surface area contributed by atoms with Gasteiger partial charge in [-0.1, -0.05) is 0 Å². The third kappa shape index (κ3) is 1.40.